The van der Waals surface area contributed by atoms with Gasteiger partial charge in [0, 0.05) is 10.6 Å². The minimum atomic E-state index is -0.350. The Kier molecular flexibility index (Phi) is 3.23. The molecule has 0 aromatic carbocycles. The fourth-order valence-corrected chi connectivity index (χ4v) is 3.01. The fraction of sp³-hybridized carbons (Fsp3) is 0.333. The van der Waals surface area contributed by atoms with Gasteiger partial charge in [-0.05, 0) is 35.7 Å². The van der Waals surface area contributed by atoms with Crippen LogP contribution in [0.3, 0.4) is 0 Å². The summed E-state index contributed by atoms with van der Waals surface area (Å²) in [5, 5.41) is 16.5. The van der Waals surface area contributed by atoms with E-state index < -0.39 is 0 Å². The number of fused-ring (bicyclic) bond motifs is 1. The Bertz CT molecular complexity index is 661. The molecule has 2 aromatic heterocycles. The Hall–Kier alpha value is -2.22. The van der Waals surface area contributed by atoms with Gasteiger partial charge in [0.05, 0.1) is 12.2 Å². The second kappa shape index (κ2) is 5.04. The van der Waals surface area contributed by atoms with Crippen LogP contribution in [0.4, 0.5) is 5.95 Å². The molecule has 0 bridgehead atoms. The van der Waals surface area contributed by atoms with Crippen molar-refractivity contribution in [3.8, 4) is 0 Å². The van der Waals surface area contributed by atoms with E-state index in [1.54, 1.807) is 22.9 Å². The topological polar surface area (TPSA) is 81.9 Å². The molecule has 1 unspecified atom stereocenters. The van der Waals surface area contributed by atoms with Gasteiger partial charge in [-0.3, -0.25) is 0 Å². The first-order valence-electron chi connectivity index (χ1n) is 6.18. The molecule has 0 amide bonds. The standard InChI is InChI=1S/C12H13N5O2S/c1-3-19-11(18)9-7(2)13-12-14-15-16-17(12)10(9)8-5-4-6-20-8/h4-6,10H,3H2,1-2H3,(H,13,14,16). The van der Waals surface area contributed by atoms with Crippen LogP contribution in [0.1, 0.15) is 24.8 Å². The molecule has 1 aliphatic heterocycles. The van der Waals surface area contributed by atoms with Crippen molar-refractivity contribution in [2.24, 2.45) is 0 Å². The van der Waals surface area contributed by atoms with E-state index >= 15 is 0 Å². The minimum absolute atomic E-state index is 0.329. The number of ether oxygens (including phenoxy) is 1. The lowest BCUT2D eigenvalue weighted by Gasteiger charge is -2.26. The Balaban J connectivity index is 2.12. The number of hydrogen-bond acceptors (Lipinski definition) is 7. The molecule has 20 heavy (non-hydrogen) atoms. The third-order valence-electron chi connectivity index (χ3n) is 3.02. The number of rotatable bonds is 3. The molecule has 7 nitrogen and oxygen atoms in total. The molecule has 3 rings (SSSR count). The second-order valence-corrected chi connectivity index (χ2v) is 5.23. The molecule has 0 saturated carbocycles. The van der Waals surface area contributed by atoms with Crippen LogP contribution in [-0.2, 0) is 9.53 Å². The van der Waals surface area contributed by atoms with Crippen LogP contribution in [0.2, 0.25) is 0 Å². The van der Waals surface area contributed by atoms with Crippen molar-refractivity contribution < 1.29 is 9.53 Å². The van der Waals surface area contributed by atoms with Crippen LogP contribution >= 0.6 is 11.3 Å². The SMILES string of the molecule is CCOC(=O)C1=C(C)Nc2nnnn2C1c1cccs1. The Labute approximate surface area is 119 Å². The number of carbonyl (C=O) groups is 1. The summed E-state index contributed by atoms with van der Waals surface area (Å²) in [7, 11) is 0. The molecule has 0 saturated heterocycles. The van der Waals surface area contributed by atoms with Crippen molar-refractivity contribution in [3.63, 3.8) is 0 Å². The van der Waals surface area contributed by atoms with Gasteiger partial charge in [0.2, 0.25) is 5.95 Å². The third-order valence-corrected chi connectivity index (χ3v) is 3.95. The quantitative estimate of drug-likeness (QED) is 0.865. The zero-order chi connectivity index (χ0) is 14.1. The van der Waals surface area contributed by atoms with Crippen molar-refractivity contribution >= 4 is 23.3 Å². The molecule has 0 spiro atoms. The Morgan fingerprint density at radius 2 is 2.45 bits per heavy atom. The zero-order valence-electron chi connectivity index (χ0n) is 11.0. The summed E-state index contributed by atoms with van der Waals surface area (Å²) < 4.78 is 6.76. The molecule has 0 fully saturated rings. The van der Waals surface area contributed by atoms with Gasteiger partial charge in [0.1, 0.15) is 6.04 Å². The molecule has 3 heterocycles. The van der Waals surface area contributed by atoms with Gasteiger partial charge in [-0.15, -0.1) is 11.3 Å². The maximum atomic E-state index is 12.2. The molecular weight excluding hydrogens is 278 g/mol. The molecule has 0 aliphatic carbocycles. The van der Waals surface area contributed by atoms with E-state index in [9.17, 15) is 4.79 Å². The average Bonchev–Trinajstić information content (AvgIpc) is 3.07. The van der Waals surface area contributed by atoms with Gasteiger partial charge in [0.15, 0.2) is 0 Å². The first-order valence-corrected chi connectivity index (χ1v) is 7.06. The van der Waals surface area contributed by atoms with Crippen LogP contribution in [0.5, 0.6) is 0 Å². The summed E-state index contributed by atoms with van der Waals surface area (Å²) >= 11 is 1.55. The smallest absolute Gasteiger partial charge is 0.338 e. The highest BCUT2D eigenvalue weighted by atomic mass is 32.1. The summed E-state index contributed by atoms with van der Waals surface area (Å²) in [4.78, 5) is 13.2. The predicted molar refractivity (Wildman–Crippen MR) is 73.2 cm³/mol. The number of allylic oxidation sites excluding steroid dienone is 1. The summed E-state index contributed by atoms with van der Waals surface area (Å²) in [6, 6.07) is 3.54. The summed E-state index contributed by atoms with van der Waals surface area (Å²) in [6.07, 6.45) is 0. The Morgan fingerprint density at radius 1 is 1.60 bits per heavy atom. The molecule has 104 valence electrons. The number of carbonyl (C=O) groups excluding carboxylic acids is 1. The molecular formula is C12H13N5O2S. The number of nitrogens with one attached hydrogen (secondary N) is 1. The van der Waals surface area contributed by atoms with Gasteiger partial charge < -0.3 is 10.1 Å². The van der Waals surface area contributed by atoms with E-state index in [2.05, 4.69) is 20.8 Å². The van der Waals surface area contributed by atoms with Crippen LogP contribution in [0, 0.1) is 0 Å². The highest BCUT2D eigenvalue weighted by molar-refractivity contribution is 7.10. The summed E-state index contributed by atoms with van der Waals surface area (Å²) in [6.45, 7) is 3.94. The number of anilines is 1. The zero-order valence-corrected chi connectivity index (χ0v) is 11.8. The lowest BCUT2D eigenvalue weighted by molar-refractivity contribution is -0.139. The summed E-state index contributed by atoms with van der Waals surface area (Å²) in [5.74, 6) is 0.172. The van der Waals surface area contributed by atoms with E-state index in [0.717, 1.165) is 4.88 Å². The Morgan fingerprint density at radius 3 is 3.15 bits per heavy atom. The van der Waals surface area contributed by atoms with Crippen LogP contribution in [0.25, 0.3) is 0 Å². The minimum Gasteiger partial charge on any atom is -0.463 e. The van der Waals surface area contributed by atoms with Crippen molar-refractivity contribution in [1.82, 2.24) is 20.2 Å². The number of tetrazole rings is 1. The normalized spacial score (nSPS) is 17.6. The lowest BCUT2D eigenvalue weighted by atomic mass is 10.0. The van der Waals surface area contributed by atoms with Crippen molar-refractivity contribution in [2.75, 3.05) is 11.9 Å². The number of nitrogens with zero attached hydrogens (tertiary/aromatic N) is 4. The average molecular weight is 291 g/mol. The molecule has 1 N–H and O–H groups in total. The van der Waals surface area contributed by atoms with Crippen molar-refractivity contribution in [3.05, 3.63) is 33.7 Å². The maximum Gasteiger partial charge on any atom is 0.338 e. The highest BCUT2D eigenvalue weighted by Gasteiger charge is 2.35. The van der Waals surface area contributed by atoms with Gasteiger partial charge in [0.25, 0.3) is 0 Å². The predicted octanol–water partition coefficient (Wildman–Crippen LogP) is 1.59. The summed E-state index contributed by atoms with van der Waals surface area (Å²) in [5.41, 5.74) is 1.25. The third kappa shape index (κ3) is 1.97. The van der Waals surface area contributed by atoms with Crippen molar-refractivity contribution in [2.45, 2.75) is 19.9 Å². The van der Waals surface area contributed by atoms with Gasteiger partial charge in [-0.1, -0.05) is 11.2 Å². The monoisotopic (exact) mass is 291 g/mol. The first-order chi connectivity index (χ1) is 9.72. The fourth-order valence-electron chi connectivity index (χ4n) is 2.20. The first kappa shape index (κ1) is 12.8. The van der Waals surface area contributed by atoms with Gasteiger partial charge in [-0.2, -0.15) is 4.68 Å². The lowest BCUT2D eigenvalue weighted by Crippen LogP contribution is -2.29. The van der Waals surface area contributed by atoms with Crippen LogP contribution < -0.4 is 5.32 Å². The number of thiophene rings is 1. The maximum absolute atomic E-state index is 12.2. The molecule has 1 aliphatic rings. The van der Waals surface area contributed by atoms with Crippen LogP contribution in [-0.4, -0.2) is 32.8 Å². The molecule has 1 atom stereocenters. The second-order valence-electron chi connectivity index (χ2n) is 4.25. The van der Waals surface area contributed by atoms with Crippen molar-refractivity contribution in [1.29, 1.82) is 0 Å². The number of esters is 1. The van der Waals surface area contributed by atoms with Crippen LogP contribution in [0.15, 0.2) is 28.8 Å². The number of aromatic nitrogens is 4. The van der Waals surface area contributed by atoms with E-state index in [-0.39, 0.29) is 12.0 Å². The molecule has 2 aromatic rings. The molecule has 8 heteroatoms. The van der Waals surface area contributed by atoms with Gasteiger partial charge >= 0.3 is 5.97 Å². The highest BCUT2D eigenvalue weighted by Crippen LogP contribution is 2.36. The van der Waals surface area contributed by atoms with E-state index in [0.29, 0.717) is 23.8 Å². The molecule has 0 radical (unpaired) electrons. The van der Waals surface area contributed by atoms with E-state index in [1.807, 2.05) is 24.4 Å². The van der Waals surface area contributed by atoms with E-state index in [1.165, 1.54) is 0 Å². The van der Waals surface area contributed by atoms with E-state index in [4.69, 9.17) is 4.74 Å². The van der Waals surface area contributed by atoms with Gasteiger partial charge in [-0.25, -0.2) is 4.79 Å². The largest absolute Gasteiger partial charge is 0.463 e. The number of hydrogen-bond donors (Lipinski definition) is 1.